The van der Waals surface area contributed by atoms with Crippen molar-refractivity contribution in [2.45, 2.75) is 32.8 Å². The van der Waals surface area contributed by atoms with Gasteiger partial charge in [-0.1, -0.05) is 0 Å². The number of hydrogen-bond donors (Lipinski definition) is 1. The molecule has 1 fully saturated rings. The highest BCUT2D eigenvalue weighted by Crippen LogP contribution is 2.35. The van der Waals surface area contributed by atoms with Gasteiger partial charge in [-0.2, -0.15) is 0 Å². The maximum Gasteiger partial charge on any atom is 0.170 e. The van der Waals surface area contributed by atoms with Crippen LogP contribution in [-0.2, 0) is 0 Å². The van der Waals surface area contributed by atoms with E-state index in [0.717, 1.165) is 49.3 Å². The molecule has 0 spiro atoms. The summed E-state index contributed by atoms with van der Waals surface area (Å²) in [5.41, 5.74) is 0.979. The second-order valence-corrected chi connectivity index (χ2v) is 8.25. The fourth-order valence-electron chi connectivity index (χ4n) is 3.69. The maximum absolute atomic E-state index is 12.5. The van der Waals surface area contributed by atoms with Crippen molar-refractivity contribution in [2.24, 2.45) is 0 Å². The first-order chi connectivity index (χ1) is 13.3. The summed E-state index contributed by atoms with van der Waals surface area (Å²) in [6, 6.07) is 7.59. The van der Waals surface area contributed by atoms with Crippen molar-refractivity contribution < 1.29 is 9.53 Å². The molecule has 7 heteroatoms. The smallest absolute Gasteiger partial charge is 0.170 e. The van der Waals surface area contributed by atoms with Crippen LogP contribution in [0, 0.1) is 6.92 Å². The number of nitrogens with zero attached hydrogens (tertiary/aromatic N) is 4. The zero-order valence-corrected chi connectivity index (χ0v) is 17.0. The van der Waals surface area contributed by atoms with E-state index >= 15 is 0 Å². The van der Waals surface area contributed by atoms with E-state index in [1.807, 2.05) is 45.0 Å². The van der Waals surface area contributed by atoms with E-state index in [2.05, 4.69) is 32.1 Å². The number of ether oxygens (including phenoxy) is 1. The van der Waals surface area contributed by atoms with Gasteiger partial charge in [0.1, 0.15) is 28.8 Å². The maximum atomic E-state index is 12.5. The molecular weight excluding hydrogens is 354 g/mol. The first-order valence-corrected chi connectivity index (χ1v) is 9.72. The summed E-state index contributed by atoms with van der Waals surface area (Å²) in [6.45, 7) is 9.72. The number of carbonyl (C=O) groups is 1. The molecule has 3 heterocycles. The van der Waals surface area contributed by atoms with Gasteiger partial charge >= 0.3 is 0 Å². The average Bonchev–Trinajstić information content (AvgIpc) is 2.61. The third-order valence-corrected chi connectivity index (χ3v) is 5.18. The van der Waals surface area contributed by atoms with E-state index in [-0.39, 0.29) is 5.78 Å². The zero-order valence-electron chi connectivity index (χ0n) is 17.0. The number of aromatic nitrogens is 2. The predicted octanol–water partition coefficient (Wildman–Crippen LogP) is 3.02. The number of likely N-dealkylation sites (N-methyl/N-ethyl adjacent to an activating group) is 1. The summed E-state index contributed by atoms with van der Waals surface area (Å²) in [5, 5.41) is 3.33. The molecule has 1 aromatic carbocycles. The van der Waals surface area contributed by atoms with Crippen molar-refractivity contribution >= 4 is 23.1 Å². The van der Waals surface area contributed by atoms with Crippen LogP contribution >= 0.6 is 0 Å². The lowest BCUT2D eigenvalue weighted by Gasteiger charge is -2.33. The van der Waals surface area contributed by atoms with Crippen molar-refractivity contribution in [3.63, 3.8) is 0 Å². The molecule has 0 atom stereocenters. The predicted molar refractivity (Wildman–Crippen MR) is 110 cm³/mol. The fourth-order valence-corrected chi connectivity index (χ4v) is 3.69. The highest BCUT2D eigenvalue weighted by molar-refractivity contribution is 6.01. The molecule has 2 aliphatic rings. The molecule has 0 saturated carbocycles. The Morgan fingerprint density at radius 1 is 1.11 bits per heavy atom. The molecule has 0 radical (unpaired) electrons. The van der Waals surface area contributed by atoms with Crippen molar-refractivity contribution in [1.82, 2.24) is 14.9 Å². The Labute approximate surface area is 165 Å². The average molecular weight is 381 g/mol. The van der Waals surface area contributed by atoms with Crippen LogP contribution in [0.1, 0.15) is 36.5 Å². The monoisotopic (exact) mass is 381 g/mol. The standard InChI is InChI=1S/C21H27N5O2/c1-14-22-19(12-20(23-14)26-9-7-25(4)8-10-26)24-15-5-6-18-16(11-15)17(27)13-21(2,3)28-18/h5-6,11-12H,7-10,13H2,1-4H3,(H,22,23,24). The molecule has 7 nitrogen and oxygen atoms in total. The van der Waals surface area contributed by atoms with Gasteiger partial charge < -0.3 is 19.9 Å². The van der Waals surface area contributed by atoms with Gasteiger partial charge in [0.05, 0.1) is 12.0 Å². The second kappa shape index (κ2) is 7.05. The number of rotatable bonds is 3. The Balaban J connectivity index is 1.56. The van der Waals surface area contributed by atoms with Gasteiger partial charge in [0.25, 0.3) is 0 Å². The van der Waals surface area contributed by atoms with E-state index in [1.165, 1.54) is 0 Å². The van der Waals surface area contributed by atoms with E-state index < -0.39 is 5.60 Å². The van der Waals surface area contributed by atoms with Crippen LogP contribution < -0.4 is 15.0 Å². The molecule has 28 heavy (non-hydrogen) atoms. The van der Waals surface area contributed by atoms with Crippen LogP contribution in [0.4, 0.5) is 17.3 Å². The zero-order chi connectivity index (χ0) is 19.9. The lowest BCUT2D eigenvalue weighted by molar-refractivity contribution is 0.0620. The molecule has 2 aliphatic heterocycles. The molecule has 2 aromatic rings. The Hall–Kier alpha value is -2.67. The number of aryl methyl sites for hydroxylation is 1. The fraction of sp³-hybridized carbons (Fsp3) is 0.476. The highest BCUT2D eigenvalue weighted by Gasteiger charge is 2.32. The summed E-state index contributed by atoms with van der Waals surface area (Å²) in [4.78, 5) is 26.2. The molecule has 4 rings (SSSR count). The number of nitrogens with one attached hydrogen (secondary N) is 1. The normalized spacial score (nSPS) is 19.1. The van der Waals surface area contributed by atoms with Gasteiger partial charge in [-0.15, -0.1) is 0 Å². The quantitative estimate of drug-likeness (QED) is 0.876. The molecular formula is C21H27N5O2. The lowest BCUT2D eigenvalue weighted by atomic mass is 9.93. The van der Waals surface area contributed by atoms with Crippen LogP contribution in [0.5, 0.6) is 5.75 Å². The second-order valence-electron chi connectivity index (χ2n) is 8.25. The number of anilines is 3. The van der Waals surface area contributed by atoms with Crippen LogP contribution in [0.25, 0.3) is 0 Å². The minimum atomic E-state index is -0.458. The molecule has 1 saturated heterocycles. The van der Waals surface area contributed by atoms with Crippen molar-refractivity contribution in [1.29, 1.82) is 0 Å². The van der Waals surface area contributed by atoms with E-state index in [1.54, 1.807) is 0 Å². The minimum Gasteiger partial charge on any atom is -0.487 e. The Bertz CT molecular complexity index is 904. The van der Waals surface area contributed by atoms with E-state index in [9.17, 15) is 4.79 Å². The van der Waals surface area contributed by atoms with Gasteiger partial charge in [0, 0.05) is 37.9 Å². The van der Waals surface area contributed by atoms with Gasteiger partial charge in [-0.3, -0.25) is 4.79 Å². The number of fused-ring (bicyclic) bond motifs is 1. The first kappa shape index (κ1) is 18.7. The third-order valence-electron chi connectivity index (χ3n) is 5.18. The topological polar surface area (TPSA) is 70.6 Å². The van der Waals surface area contributed by atoms with Crippen LogP contribution in [0.3, 0.4) is 0 Å². The summed E-state index contributed by atoms with van der Waals surface area (Å²) < 4.78 is 5.94. The number of carbonyl (C=O) groups excluding carboxylic acids is 1. The molecule has 1 aromatic heterocycles. The van der Waals surface area contributed by atoms with Gasteiger partial charge in [-0.05, 0) is 46.0 Å². The molecule has 0 bridgehead atoms. The van der Waals surface area contributed by atoms with Gasteiger partial charge in [0.15, 0.2) is 5.78 Å². The summed E-state index contributed by atoms with van der Waals surface area (Å²) in [5.74, 6) is 3.13. The minimum absolute atomic E-state index is 0.104. The van der Waals surface area contributed by atoms with E-state index in [0.29, 0.717) is 17.7 Å². The van der Waals surface area contributed by atoms with Crippen molar-refractivity contribution in [2.75, 3.05) is 43.4 Å². The Kier molecular flexibility index (Phi) is 4.71. The molecule has 0 aliphatic carbocycles. The van der Waals surface area contributed by atoms with Crippen molar-refractivity contribution in [3.8, 4) is 5.75 Å². The number of benzene rings is 1. The largest absolute Gasteiger partial charge is 0.487 e. The summed E-state index contributed by atoms with van der Waals surface area (Å²) >= 11 is 0. The van der Waals surface area contributed by atoms with Crippen LogP contribution in [0.2, 0.25) is 0 Å². The third kappa shape index (κ3) is 3.94. The highest BCUT2D eigenvalue weighted by atomic mass is 16.5. The molecule has 1 N–H and O–H groups in total. The van der Waals surface area contributed by atoms with Gasteiger partial charge in [0.2, 0.25) is 0 Å². The molecule has 0 amide bonds. The van der Waals surface area contributed by atoms with Crippen LogP contribution in [0.15, 0.2) is 24.3 Å². The van der Waals surface area contributed by atoms with Crippen LogP contribution in [-0.4, -0.2) is 59.5 Å². The first-order valence-electron chi connectivity index (χ1n) is 9.72. The van der Waals surface area contributed by atoms with Crippen molar-refractivity contribution in [3.05, 3.63) is 35.7 Å². The Morgan fingerprint density at radius 3 is 2.61 bits per heavy atom. The molecule has 0 unspecified atom stereocenters. The number of piperazine rings is 1. The van der Waals surface area contributed by atoms with E-state index in [4.69, 9.17) is 4.74 Å². The van der Waals surface area contributed by atoms with Gasteiger partial charge in [-0.25, -0.2) is 9.97 Å². The summed E-state index contributed by atoms with van der Waals surface area (Å²) in [6.07, 6.45) is 0.379. The lowest BCUT2D eigenvalue weighted by Crippen LogP contribution is -2.44. The summed E-state index contributed by atoms with van der Waals surface area (Å²) in [7, 11) is 2.14. The Morgan fingerprint density at radius 2 is 1.86 bits per heavy atom. The molecule has 148 valence electrons. The SMILES string of the molecule is Cc1nc(Nc2ccc3c(c2)C(=O)CC(C)(C)O3)cc(N2CCN(C)CC2)n1. The number of ketones is 1. The number of hydrogen-bond acceptors (Lipinski definition) is 7. The number of Topliss-reactive ketones (excluding diaryl/α,β-unsaturated/α-hetero) is 1.